The van der Waals surface area contributed by atoms with E-state index in [1.165, 1.54) is 11.8 Å². The molecule has 4 nitrogen and oxygen atoms in total. The van der Waals surface area contributed by atoms with Crippen molar-refractivity contribution >= 4 is 29.2 Å². The van der Waals surface area contributed by atoms with Crippen LogP contribution in [-0.4, -0.2) is 11.8 Å². The van der Waals surface area contributed by atoms with Crippen LogP contribution in [0.15, 0.2) is 48.2 Å². The number of nitrogens with one attached hydrogen (secondary N) is 2. The summed E-state index contributed by atoms with van der Waals surface area (Å²) in [6.45, 7) is 3.85. The van der Waals surface area contributed by atoms with Crippen molar-refractivity contribution in [3.05, 3.63) is 63.5 Å². The molecular formula is C17H18N2O2S. The Morgan fingerprint density at radius 1 is 1.14 bits per heavy atom. The monoisotopic (exact) mass is 314 g/mol. The molecule has 5 heteroatoms. The molecule has 0 bridgehead atoms. The summed E-state index contributed by atoms with van der Waals surface area (Å²) in [6, 6.07) is 13.4. The smallest absolute Gasteiger partial charge is 0.268 e. The maximum atomic E-state index is 12.3. The first-order chi connectivity index (χ1) is 10.5. The molecule has 0 aliphatic rings. The van der Waals surface area contributed by atoms with E-state index in [1.54, 1.807) is 17.4 Å². The van der Waals surface area contributed by atoms with Gasteiger partial charge in [-0.3, -0.25) is 9.59 Å². The zero-order valence-electron chi connectivity index (χ0n) is 12.6. The molecule has 1 heterocycles. The second kappa shape index (κ2) is 7.56. The van der Waals surface area contributed by atoms with Gasteiger partial charge in [0.15, 0.2) is 0 Å². The Labute approximate surface area is 133 Å². The summed E-state index contributed by atoms with van der Waals surface area (Å²) in [5.41, 5.74) is 1.10. The van der Waals surface area contributed by atoms with Crippen LogP contribution >= 0.6 is 11.3 Å². The van der Waals surface area contributed by atoms with Gasteiger partial charge in [0, 0.05) is 16.7 Å². The third-order valence-corrected chi connectivity index (χ3v) is 3.89. The average Bonchev–Trinajstić information content (AvgIpc) is 2.90. The number of hydrogen-bond acceptors (Lipinski definition) is 3. The molecule has 0 saturated carbocycles. The molecule has 0 radical (unpaired) electrons. The molecule has 22 heavy (non-hydrogen) atoms. The summed E-state index contributed by atoms with van der Waals surface area (Å²) in [5.74, 6) is -0.575. The van der Waals surface area contributed by atoms with Crippen LogP contribution in [0.2, 0.25) is 0 Å². The quantitative estimate of drug-likeness (QED) is 0.834. The lowest BCUT2D eigenvalue weighted by molar-refractivity contribution is -0.122. The Balaban J connectivity index is 2.09. The Kier molecular flexibility index (Phi) is 5.49. The SMILES string of the molecule is CC(=O)N/C(=C\c1ccccc1)C(=O)NCc1ccc(C)s1. The summed E-state index contributed by atoms with van der Waals surface area (Å²) in [7, 11) is 0. The predicted octanol–water partition coefficient (Wildman–Crippen LogP) is 2.85. The van der Waals surface area contributed by atoms with Crippen molar-refractivity contribution in [3.63, 3.8) is 0 Å². The van der Waals surface area contributed by atoms with Crippen LogP contribution in [0.1, 0.15) is 22.2 Å². The van der Waals surface area contributed by atoms with Crippen LogP contribution in [0.4, 0.5) is 0 Å². The lowest BCUT2D eigenvalue weighted by Gasteiger charge is -2.09. The fourth-order valence-electron chi connectivity index (χ4n) is 1.91. The van der Waals surface area contributed by atoms with Gasteiger partial charge in [0.2, 0.25) is 5.91 Å². The van der Waals surface area contributed by atoms with Gasteiger partial charge in [-0.15, -0.1) is 11.3 Å². The molecule has 0 saturated heterocycles. The number of benzene rings is 1. The highest BCUT2D eigenvalue weighted by Gasteiger charge is 2.11. The Bertz CT molecular complexity index is 690. The first-order valence-corrected chi connectivity index (χ1v) is 7.74. The van der Waals surface area contributed by atoms with Crippen molar-refractivity contribution in [2.45, 2.75) is 20.4 Å². The molecule has 0 aliphatic heterocycles. The molecule has 2 N–H and O–H groups in total. The number of carbonyl (C=O) groups is 2. The van der Waals surface area contributed by atoms with Gasteiger partial charge < -0.3 is 10.6 Å². The largest absolute Gasteiger partial charge is 0.346 e. The van der Waals surface area contributed by atoms with E-state index in [4.69, 9.17) is 0 Å². The molecule has 0 unspecified atom stereocenters. The van der Waals surface area contributed by atoms with Gasteiger partial charge in [0.25, 0.3) is 5.91 Å². The van der Waals surface area contributed by atoms with Crippen molar-refractivity contribution in [1.29, 1.82) is 0 Å². The molecule has 2 amide bonds. The first-order valence-electron chi connectivity index (χ1n) is 6.92. The summed E-state index contributed by atoms with van der Waals surface area (Å²) in [5, 5.41) is 5.41. The summed E-state index contributed by atoms with van der Waals surface area (Å²) in [6.07, 6.45) is 1.66. The molecule has 114 valence electrons. The highest BCUT2D eigenvalue weighted by atomic mass is 32.1. The van der Waals surface area contributed by atoms with Crippen LogP contribution in [-0.2, 0) is 16.1 Å². The minimum Gasteiger partial charge on any atom is -0.346 e. The van der Waals surface area contributed by atoms with Gasteiger partial charge in [-0.05, 0) is 30.7 Å². The Hall–Kier alpha value is -2.40. The fraction of sp³-hybridized carbons (Fsp3) is 0.176. The Morgan fingerprint density at radius 2 is 1.86 bits per heavy atom. The number of rotatable bonds is 5. The second-order valence-corrected chi connectivity index (χ2v) is 6.22. The van der Waals surface area contributed by atoms with E-state index in [0.717, 1.165) is 10.4 Å². The number of thiophene rings is 1. The Morgan fingerprint density at radius 3 is 2.45 bits per heavy atom. The maximum Gasteiger partial charge on any atom is 0.268 e. The summed E-state index contributed by atoms with van der Waals surface area (Å²) < 4.78 is 0. The zero-order chi connectivity index (χ0) is 15.9. The number of carbonyl (C=O) groups excluding carboxylic acids is 2. The van der Waals surface area contributed by atoms with Crippen molar-refractivity contribution in [1.82, 2.24) is 10.6 Å². The van der Waals surface area contributed by atoms with Gasteiger partial charge in [0.05, 0.1) is 6.54 Å². The van der Waals surface area contributed by atoms with Crippen molar-refractivity contribution in [3.8, 4) is 0 Å². The van der Waals surface area contributed by atoms with Crippen LogP contribution < -0.4 is 10.6 Å². The lowest BCUT2D eigenvalue weighted by Crippen LogP contribution is -2.33. The standard InChI is InChI=1S/C17H18N2O2S/c1-12-8-9-15(22-12)11-18-17(21)16(19-13(2)20)10-14-6-4-3-5-7-14/h3-10H,11H2,1-2H3,(H,18,21)(H,19,20)/b16-10-. The van der Waals surface area contributed by atoms with E-state index in [9.17, 15) is 9.59 Å². The minimum atomic E-state index is -0.301. The second-order valence-electron chi connectivity index (χ2n) is 4.84. The van der Waals surface area contributed by atoms with Crippen molar-refractivity contribution in [2.75, 3.05) is 0 Å². The molecule has 0 atom stereocenters. The maximum absolute atomic E-state index is 12.3. The van der Waals surface area contributed by atoms with Crippen LogP contribution in [0.25, 0.3) is 6.08 Å². The molecule has 1 aromatic carbocycles. The van der Waals surface area contributed by atoms with Crippen molar-refractivity contribution in [2.24, 2.45) is 0 Å². The molecule has 0 aliphatic carbocycles. The molecule has 2 aromatic rings. The summed E-state index contributed by atoms with van der Waals surface area (Å²) >= 11 is 1.64. The third-order valence-electron chi connectivity index (χ3n) is 2.89. The molecule has 0 fully saturated rings. The highest BCUT2D eigenvalue weighted by molar-refractivity contribution is 7.11. The third kappa shape index (κ3) is 4.86. The van der Waals surface area contributed by atoms with Gasteiger partial charge in [-0.25, -0.2) is 0 Å². The first kappa shape index (κ1) is 16.0. The molecule has 1 aromatic heterocycles. The van der Waals surface area contributed by atoms with E-state index in [1.807, 2.05) is 49.4 Å². The number of hydrogen-bond donors (Lipinski definition) is 2. The van der Waals surface area contributed by atoms with Gasteiger partial charge in [0.1, 0.15) is 5.70 Å². The van der Waals surface area contributed by atoms with Crippen LogP contribution in [0, 0.1) is 6.92 Å². The molecule has 2 rings (SSSR count). The zero-order valence-corrected chi connectivity index (χ0v) is 13.4. The normalized spacial score (nSPS) is 11.1. The minimum absolute atomic E-state index is 0.243. The molecule has 0 spiro atoms. The van der Waals surface area contributed by atoms with Crippen LogP contribution in [0.3, 0.4) is 0 Å². The highest BCUT2D eigenvalue weighted by Crippen LogP contribution is 2.14. The topological polar surface area (TPSA) is 58.2 Å². The van der Waals surface area contributed by atoms with E-state index in [2.05, 4.69) is 10.6 Å². The lowest BCUT2D eigenvalue weighted by atomic mass is 10.2. The summed E-state index contributed by atoms with van der Waals surface area (Å²) in [4.78, 5) is 25.8. The van der Waals surface area contributed by atoms with E-state index in [0.29, 0.717) is 6.54 Å². The number of aryl methyl sites for hydroxylation is 1. The fourth-order valence-corrected chi connectivity index (χ4v) is 2.74. The van der Waals surface area contributed by atoms with Gasteiger partial charge in [-0.1, -0.05) is 30.3 Å². The molecular weight excluding hydrogens is 296 g/mol. The van der Waals surface area contributed by atoms with E-state index < -0.39 is 0 Å². The van der Waals surface area contributed by atoms with Crippen LogP contribution in [0.5, 0.6) is 0 Å². The number of amides is 2. The van der Waals surface area contributed by atoms with E-state index >= 15 is 0 Å². The van der Waals surface area contributed by atoms with Gasteiger partial charge in [-0.2, -0.15) is 0 Å². The van der Waals surface area contributed by atoms with Crippen molar-refractivity contribution < 1.29 is 9.59 Å². The van der Waals surface area contributed by atoms with Gasteiger partial charge >= 0.3 is 0 Å². The average molecular weight is 314 g/mol. The van der Waals surface area contributed by atoms with E-state index in [-0.39, 0.29) is 17.5 Å². The predicted molar refractivity (Wildman–Crippen MR) is 89.1 cm³/mol.